The summed E-state index contributed by atoms with van der Waals surface area (Å²) in [6.07, 6.45) is 0.508. The topological polar surface area (TPSA) is 102 Å². The van der Waals surface area contributed by atoms with Gasteiger partial charge in [0.15, 0.2) is 5.16 Å². The second-order valence-electron chi connectivity index (χ2n) is 8.63. The van der Waals surface area contributed by atoms with E-state index in [9.17, 15) is 14.4 Å². The molecule has 0 atom stereocenters. The highest BCUT2D eigenvalue weighted by molar-refractivity contribution is 7.99. The molecule has 3 heterocycles. The fraction of sp³-hybridized carbons (Fsp3) is 0.522. The van der Waals surface area contributed by atoms with Crippen molar-refractivity contribution in [2.75, 3.05) is 38.5 Å². The number of carbonyl (C=O) groups excluding carboxylic acids is 2. The van der Waals surface area contributed by atoms with Crippen molar-refractivity contribution in [3.63, 3.8) is 0 Å². The van der Waals surface area contributed by atoms with E-state index in [4.69, 9.17) is 4.74 Å². The molecular formula is C23H30N6O4S. The lowest BCUT2D eigenvalue weighted by molar-refractivity contribution is -0.129. The molecule has 0 saturated carbocycles. The molecule has 1 aromatic carbocycles. The number of fused-ring (bicyclic) bond motifs is 3. The Kier molecular flexibility index (Phi) is 7.40. The predicted molar refractivity (Wildman–Crippen MR) is 130 cm³/mol. The minimum atomic E-state index is -0.339. The molecule has 0 N–H and O–H groups in total. The minimum absolute atomic E-state index is 0.0253. The van der Waals surface area contributed by atoms with Crippen LogP contribution in [0.1, 0.15) is 27.2 Å². The van der Waals surface area contributed by atoms with E-state index in [2.05, 4.69) is 24.0 Å². The molecule has 4 rings (SSSR count). The molecule has 0 spiro atoms. The Hall–Kier alpha value is -3.08. The number of hydrogen-bond donors (Lipinski definition) is 0. The molecule has 182 valence electrons. The first kappa shape index (κ1) is 24.1. The van der Waals surface area contributed by atoms with Crippen LogP contribution in [-0.4, -0.2) is 79.5 Å². The number of para-hydroxylation sites is 1. The van der Waals surface area contributed by atoms with E-state index in [1.165, 1.54) is 11.8 Å². The van der Waals surface area contributed by atoms with Gasteiger partial charge >= 0.3 is 6.09 Å². The number of benzene rings is 1. The van der Waals surface area contributed by atoms with Gasteiger partial charge in [0.05, 0.1) is 23.3 Å². The molecule has 10 nitrogen and oxygen atoms in total. The van der Waals surface area contributed by atoms with Crippen LogP contribution in [0.5, 0.6) is 0 Å². The highest BCUT2D eigenvalue weighted by Gasteiger charge is 2.25. The van der Waals surface area contributed by atoms with Gasteiger partial charge < -0.3 is 14.5 Å². The van der Waals surface area contributed by atoms with Crippen LogP contribution in [0.3, 0.4) is 0 Å². The lowest BCUT2D eigenvalue weighted by Gasteiger charge is -2.34. The van der Waals surface area contributed by atoms with Gasteiger partial charge in [-0.15, -0.1) is 10.2 Å². The van der Waals surface area contributed by atoms with Crippen molar-refractivity contribution in [2.45, 2.75) is 38.9 Å². The largest absolute Gasteiger partial charge is 0.450 e. The van der Waals surface area contributed by atoms with Crippen molar-refractivity contribution in [3.05, 3.63) is 34.6 Å². The highest BCUT2D eigenvalue weighted by atomic mass is 32.2. The average Bonchev–Trinajstić information content (AvgIpc) is 3.26. The van der Waals surface area contributed by atoms with Crippen molar-refractivity contribution >= 4 is 40.4 Å². The summed E-state index contributed by atoms with van der Waals surface area (Å²) in [4.78, 5) is 41.2. The van der Waals surface area contributed by atoms with Crippen LogP contribution < -0.4 is 5.56 Å². The first-order chi connectivity index (χ1) is 16.4. The lowest BCUT2D eigenvalue weighted by Crippen LogP contribution is -2.51. The van der Waals surface area contributed by atoms with Crippen molar-refractivity contribution < 1.29 is 14.3 Å². The van der Waals surface area contributed by atoms with E-state index in [1.54, 1.807) is 21.3 Å². The van der Waals surface area contributed by atoms with Crippen LogP contribution in [0.25, 0.3) is 16.7 Å². The van der Waals surface area contributed by atoms with Crippen LogP contribution in [0.15, 0.2) is 34.2 Å². The Balaban J connectivity index is 1.52. The van der Waals surface area contributed by atoms with Crippen LogP contribution in [0, 0.1) is 5.92 Å². The molecular weight excluding hydrogens is 456 g/mol. The fourth-order valence-electron chi connectivity index (χ4n) is 3.99. The molecule has 1 fully saturated rings. The van der Waals surface area contributed by atoms with Gasteiger partial charge in [-0.3, -0.25) is 18.6 Å². The zero-order valence-corrected chi connectivity index (χ0v) is 20.6. The van der Waals surface area contributed by atoms with E-state index >= 15 is 0 Å². The third kappa shape index (κ3) is 4.89. The third-order valence-corrected chi connectivity index (χ3v) is 6.81. The van der Waals surface area contributed by atoms with E-state index < -0.39 is 0 Å². The number of rotatable bonds is 7. The SMILES string of the molecule is CCOC(=O)N1CCN(C(=O)CSc2nnc3n(CCC(C)C)c(=O)c4ccccc4n23)CC1. The van der Waals surface area contributed by atoms with E-state index in [0.717, 1.165) is 11.9 Å². The summed E-state index contributed by atoms with van der Waals surface area (Å²) in [5.41, 5.74) is 0.648. The summed E-state index contributed by atoms with van der Waals surface area (Å²) in [7, 11) is 0. The van der Waals surface area contributed by atoms with Crippen LogP contribution >= 0.6 is 11.8 Å². The van der Waals surface area contributed by atoms with Gasteiger partial charge in [0.1, 0.15) is 0 Å². The highest BCUT2D eigenvalue weighted by Crippen LogP contribution is 2.22. The molecule has 3 aromatic rings. The molecule has 34 heavy (non-hydrogen) atoms. The lowest BCUT2D eigenvalue weighted by atomic mass is 10.1. The molecule has 11 heteroatoms. The Bertz CT molecular complexity index is 1250. The number of aryl methyl sites for hydroxylation is 1. The summed E-state index contributed by atoms with van der Waals surface area (Å²) in [6.45, 7) is 8.74. The molecule has 1 saturated heterocycles. The summed E-state index contributed by atoms with van der Waals surface area (Å²) < 4.78 is 8.58. The zero-order chi connectivity index (χ0) is 24.2. The van der Waals surface area contributed by atoms with Gasteiger partial charge in [-0.25, -0.2) is 4.79 Å². The van der Waals surface area contributed by atoms with E-state index in [1.807, 2.05) is 28.7 Å². The van der Waals surface area contributed by atoms with Gasteiger partial charge in [-0.1, -0.05) is 37.7 Å². The predicted octanol–water partition coefficient (Wildman–Crippen LogP) is 2.48. The molecule has 1 aliphatic rings. The van der Waals surface area contributed by atoms with Crippen molar-refractivity contribution in [1.82, 2.24) is 29.0 Å². The number of nitrogens with zero attached hydrogens (tertiary/aromatic N) is 6. The van der Waals surface area contributed by atoms with E-state index in [0.29, 0.717) is 61.6 Å². The second kappa shape index (κ2) is 10.5. The van der Waals surface area contributed by atoms with Gasteiger partial charge in [0, 0.05) is 32.7 Å². The standard InChI is InChI=1S/C23H30N6O4S/c1-4-33-23(32)27-13-11-26(12-14-27)19(30)15-34-22-25-24-21-28(10-9-16(2)3)20(31)17-7-5-6-8-18(17)29(21)22/h5-8,16H,4,9-15H2,1-3H3. The number of thioether (sulfide) groups is 1. The summed E-state index contributed by atoms with van der Waals surface area (Å²) in [5, 5.41) is 9.81. The number of ether oxygens (including phenoxy) is 1. The summed E-state index contributed by atoms with van der Waals surface area (Å²) >= 11 is 1.30. The quantitative estimate of drug-likeness (QED) is 0.473. The van der Waals surface area contributed by atoms with Crippen LogP contribution in [0.4, 0.5) is 4.79 Å². The van der Waals surface area contributed by atoms with Gasteiger partial charge in [-0.05, 0) is 31.4 Å². The molecule has 0 radical (unpaired) electrons. The molecule has 1 aliphatic heterocycles. The molecule has 2 amide bonds. The summed E-state index contributed by atoms with van der Waals surface area (Å²) in [5.74, 6) is 1.10. The monoisotopic (exact) mass is 486 g/mol. The number of piperazine rings is 1. The first-order valence-corrected chi connectivity index (χ1v) is 12.6. The van der Waals surface area contributed by atoms with E-state index in [-0.39, 0.29) is 23.3 Å². The molecule has 0 aliphatic carbocycles. The Morgan fingerprint density at radius 1 is 1.09 bits per heavy atom. The van der Waals surface area contributed by atoms with Gasteiger partial charge in [-0.2, -0.15) is 0 Å². The van der Waals surface area contributed by atoms with Crippen molar-refractivity contribution in [2.24, 2.45) is 5.92 Å². The van der Waals surface area contributed by atoms with Crippen molar-refractivity contribution in [1.29, 1.82) is 0 Å². The second-order valence-corrected chi connectivity index (χ2v) is 9.57. The minimum Gasteiger partial charge on any atom is -0.450 e. The molecule has 2 aromatic heterocycles. The average molecular weight is 487 g/mol. The maximum atomic E-state index is 13.1. The van der Waals surface area contributed by atoms with Gasteiger partial charge in [0.2, 0.25) is 11.7 Å². The van der Waals surface area contributed by atoms with Gasteiger partial charge in [0.25, 0.3) is 5.56 Å². The molecule has 0 unspecified atom stereocenters. The maximum Gasteiger partial charge on any atom is 0.409 e. The number of aromatic nitrogens is 4. The maximum absolute atomic E-state index is 13.1. The first-order valence-electron chi connectivity index (χ1n) is 11.6. The number of amides is 2. The summed E-state index contributed by atoms with van der Waals surface area (Å²) in [6, 6.07) is 7.41. The molecule has 0 bridgehead atoms. The third-order valence-electron chi connectivity index (χ3n) is 5.89. The Morgan fingerprint density at radius 3 is 2.50 bits per heavy atom. The fourth-order valence-corrected chi connectivity index (χ4v) is 4.83. The Morgan fingerprint density at radius 2 is 1.79 bits per heavy atom. The van der Waals surface area contributed by atoms with Crippen molar-refractivity contribution in [3.8, 4) is 0 Å². The number of carbonyl (C=O) groups is 2. The van der Waals surface area contributed by atoms with Crippen LogP contribution in [-0.2, 0) is 16.1 Å². The normalized spacial score (nSPS) is 14.4. The van der Waals surface area contributed by atoms with Crippen LogP contribution in [0.2, 0.25) is 0 Å². The zero-order valence-electron chi connectivity index (χ0n) is 19.8. The smallest absolute Gasteiger partial charge is 0.409 e. The Labute approximate surface area is 201 Å². The number of hydrogen-bond acceptors (Lipinski definition) is 7.